The molecule has 1 fully saturated rings. The third kappa shape index (κ3) is 4.06. The maximum absolute atomic E-state index is 12.4. The number of hydrogen-bond acceptors (Lipinski definition) is 4. The zero-order valence-electron chi connectivity index (χ0n) is 11.9. The molecule has 112 valence electrons. The van der Waals surface area contributed by atoms with Crippen LogP contribution >= 0.6 is 15.9 Å². The first-order chi connectivity index (χ1) is 9.72. The average molecular weight is 344 g/mol. The lowest BCUT2D eigenvalue weighted by Crippen LogP contribution is -2.31. The molecule has 0 spiro atoms. The van der Waals surface area contributed by atoms with Crippen molar-refractivity contribution in [1.29, 1.82) is 0 Å². The summed E-state index contributed by atoms with van der Waals surface area (Å²) in [6.07, 6.45) is 7.37. The Morgan fingerprint density at radius 3 is 2.95 bits per heavy atom. The summed E-state index contributed by atoms with van der Waals surface area (Å²) < 4.78 is 7.33. The van der Waals surface area contributed by atoms with E-state index >= 15 is 0 Å². The molecule has 1 aromatic rings. The molecule has 0 bridgehead atoms. The van der Waals surface area contributed by atoms with Gasteiger partial charge in [-0.15, -0.1) is 0 Å². The zero-order valence-corrected chi connectivity index (χ0v) is 13.5. The average Bonchev–Trinajstić information content (AvgIpc) is 2.39. The first-order valence-electron chi connectivity index (χ1n) is 7.21. The van der Waals surface area contributed by atoms with Crippen molar-refractivity contribution in [3.05, 3.63) is 21.0 Å². The molecule has 0 amide bonds. The van der Waals surface area contributed by atoms with E-state index < -0.39 is 0 Å². The maximum atomic E-state index is 12.4. The normalized spacial score (nSPS) is 15.1. The molecule has 0 atom stereocenters. The standard InChI is InChI=1S/C14H22BrN3O2/c1-20-8-3-2-7-16-13-12(15)9-17-18(14(13)19)10-11-5-4-6-11/h9,11,16H,2-8,10H2,1H3. The molecule has 0 unspecified atom stereocenters. The fourth-order valence-electron chi connectivity index (χ4n) is 2.26. The van der Waals surface area contributed by atoms with Gasteiger partial charge in [-0.1, -0.05) is 6.42 Å². The Labute approximate surface area is 127 Å². The van der Waals surface area contributed by atoms with Gasteiger partial charge in [-0.3, -0.25) is 4.79 Å². The lowest BCUT2D eigenvalue weighted by atomic mass is 9.85. The second-order valence-electron chi connectivity index (χ2n) is 5.28. The molecule has 6 heteroatoms. The molecule has 0 radical (unpaired) electrons. The maximum Gasteiger partial charge on any atom is 0.291 e. The van der Waals surface area contributed by atoms with Gasteiger partial charge in [0, 0.05) is 26.8 Å². The number of ether oxygens (including phenoxy) is 1. The van der Waals surface area contributed by atoms with Crippen molar-refractivity contribution in [1.82, 2.24) is 9.78 Å². The molecule has 1 aliphatic carbocycles. The molecular formula is C14H22BrN3O2. The predicted molar refractivity (Wildman–Crippen MR) is 83.1 cm³/mol. The summed E-state index contributed by atoms with van der Waals surface area (Å²) in [5.74, 6) is 0.621. The summed E-state index contributed by atoms with van der Waals surface area (Å²) in [6, 6.07) is 0. The fourth-order valence-corrected chi connectivity index (χ4v) is 2.66. The SMILES string of the molecule is COCCCCNc1c(Br)cnn(CC2CCC2)c1=O. The van der Waals surface area contributed by atoms with Crippen molar-refractivity contribution in [3.63, 3.8) is 0 Å². The molecule has 0 aromatic carbocycles. The van der Waals surface area contributed by atoms with E-state index in [0.717, 1.165) is 37.0 Å². The number of hydrogen-bond donors (Lipinski definition) is 1. The van der Waals surface area contributed by atoms with E-state index in [2.05, 4.69) is 26.3 Å². The smallest absolute Gasteiger partial charge is 0.291 e. The fraction of sp³-hybridized carbons (Fsp3) is 0.714. The monoisotopic (exact) mass is 343 g/mol. The Morgan fingerprint density at radius 1 is 1.50 bits per heavy atom. The van der Waals surface area contributed by atoms with Crippen molar-refractivity contribution in [2.45, 2.75) is 38.6 Å². The molecule has 1 aliphatic rings. The Kier molecular flexibility index (Phi) is 6.04. The van der Waals surface area contributed by atoms with E-state index in [9.17, 15) is 4.79 Å². The topological polar surface area (TPSA) is 56.1 Å². The van der Waals surface area contributed by atoms with E-state index in [-0.39, 0.29) is 5.56 Å². The lowest BCUT2D eigenvalue weighted by Gasteiger charge is -2.25. The van der Waals surface area contributed by atoms with E-state index in [0.29, 0.717) is 11.6 Å². The molecule has 0 saturated heterocycles. The quantitative estimate of drug-likeness (QED) is 0.737. The lowest BCUT2D eigenvalue weighted by molar-refractivity contribution is 0.194. The Bertz CT molecular complexity index is 486. The van der Waals surface area contributed by atoms with Gasteiger partial charge in [0.15, 0.2) is 0 Å². The highest BCUT2D eigenvalue weighted by atomic mass is 79.9. The van der Waals surface area contributed by atoms with Crippen LogP contribution in [0.4, 0.5) is 5.69 Å². The van der Waals surface area contributed by atoms with Crippen molar-refractivity contribution < 1.29 is 4.74 Å². The minimum absolute atomic E-state index is 0.0296. The van der Waals surface area contributed by atoms with Gasteiger partial charge in [0.1, 0.15) is 5.69 Å². The number of aromatic nitrogens is 2. The molecule has 0 aliphatic heterocycles. The minimum atomic E-state index is -0.0296. The van der Waals surface area contributed by atoms with Gasteiger partial charge in [0.05, 0.1) is 10.7 Å². The van der Waals surface area contributed by atoms with Crippen molar-refractivity contribution in [2.24, 2.45) is 5.92 Å². The van der Waals surface area contributed by atoms with Gasteiger partial charge in [0.25, 0.3) is 5.56 Å². The van der Waals surface area contributed by atoms with Gasteiger partial charge >= 0.3 is 0 Å². The van der Waals surface area contributed by atoms with Gasteiger partial charge in [-0.2, -0.15) is 5.10 Å². The zero-order chi connectivity index (χ0) is 14.4. The third-order valence-corrected chi connectivity index (χ3v) is 4.33. The van der Waals surface area contributed by atoms with Crippen molar-refractivity contribution in [3.8, 4) is 0 Å². The van der Waals surface area contributed by atoms with Gasteiger partial charge in [-0.25, -0.2) is 4.68 Å². The molecule has 20 heavy (non-hydrogen) atoms. The van der Waals surface area contributed by atoms with Crippen LogP contribution in [0.15, 0.2) is 15.5 Å². The molecule has 2 rings (SSSR count). The summed E-state index contributed by atoms with van der Waals surface area (Å²) in [4.78, 5) is 12.4. The Hall–Kier alpha value is -0.880. The summed E-state index contributed by atoms with van der Waals surface area (Å²) in [5, 5.41) is 7.43. The van der Waals surface area contributed by atoms with Crippen molar-refractivity contribution >= 4 is 21.6 Å². The summed E-state index contributed by atoms with van der Waals surface area (Å²) in [6.45, 7) is 2.26. The van der Waals surface area contributed by atoms with E-state index in [4.69, 9.17) is 4.74 Å². The van der Waals surface area contributed by atoms with E-state index in [1.165, 1.54) is 19.3 Å². The minimum Gasteiger partial charge on any atom is -0.385 e. The van der Waals surface area contributed by atoms with Crippen molar-refractivity contribution in [2.75, 3.05) is 25.6 Å². The second kappa shape index (κ2) is 7.78. The second-order valence-corrected chi connectivity index (χ2v) is 6.13. The van der Waals surface area contributed by atoms with E-state index in [1.807, 2.05) is 0 Å². The highest BCUT2D eigenvalue weighted by Gasteiger charge is 2.20. The molecular weight excluding hydrogens is 322 g/mol. The number of rotatable bonds is 8. The number of nitrogens with one attached hydrogen (secondary N) is 1. The van der Waals surface area contributed by atoms with Crippen LogP contribution in [0, 0.1) is 5.92 Å². The predicted octanol–water partition coefficient (Wildman–Crippen LogP) is 2.64. The number of unbranched alkanes of at least 4 members (excludes halogenated alkanes) is 1. The van der Waals surface area contributed by atoms with Gasteiger partial charge in [0.2, 0.25) is 0 Å². The third-order valence-electron chi connectivity index (χ3n) is 3.73. The highest BCUT2D eigenvalue weighted by Crippen LogP contribution is 2.27. The summed E-state index contributed by atoms with van der Waals surface area (Å²) >= 11 is 3.40. The molecule has 5 nitrogen and oxygen atoms in total. The van der Waals surface area contributed by atoms with Crippen LogP contribution < -0.4 is 10.9 Å². The van der Waals surface area contributed by atoms with Gasteiger partial charge in [-0.05, 0) is 47.5 Å². The van der Waals surface area contributed by atoms with Crippen LogP contribution in [0.3, 0.4) is 0 Å². The number of nitrogens with zero attached hydrogens (tertiary/aromatic N) is 2. The largest absolute Gasteiger partial charge is 0.385 e. The van der Waals surface area contributed by atoms with Crippen LogP contribution in [0.1, 0.15) is 32.1 Å². The molecule has 1 saturated carbocycles. The first-order valence-corrected chi connectivity index (χ1v) is 8.00. The van der Waals surface area contributed by atoms with E-state index in [1.54, 1.807) is 18.0 Å². The number of methoxy groups -OCH3 is 1. The number of halogens is 1. The number of anilines is 1. The Balaban J connectivity index is 1.95. The molecule has 1 aromatic heterocycles. The summed E-state index contributed by atoms with van der Waals surface area (Å²) in [5.41, 5.74) is 0.592. The van der Waals surface area contributed by atoms with Crippen LogP contribution in [0.5, 0.6) is 0 Å². The summed E-state index contributed by atoms with van der Waals surface area (Å²) in [7, 11) is 1.70. The molecule has 1 heterocycles. The van der Waals surface area contributed by atoms with Crippen LogP contribution in [0.25, 0.3) is 0 Å². The van der Waals surface area contributed by atoms with Gasteiger partial charge < -0.3 is 10.1 Å². The molecule has 1 N–H and O–H groups in total. The van der Waals surface area contributed by atoms with Crippen LogP contribution in [-0.4, -0.2) is 30.0 Å². The Morgan fingerprint density at radius 2 is 2.30 bits per heavy atom. The van der Waals surface area contributed by atoms with Crippen LogP contribution in [-0.2, 0) is 11.3 Å². The first kappa shape index (κ1) is 15.5. The van der Waals surface area contributed by atoms with Crippen LogP contribution in [0.2, 0.25) is 0 Å². The highest BCUT2D eigenvalue weighted by molar-refractivity contribution is 9.10.